The third-order valence-electron chi connectivity index (χ3n) is 2.05. The van der Waals surface area contributed by atoms with Crippen LogP contribution < -0.4 is 4.72 Å². The first-order valence-electron chi connectivity index (χ1n) is 4.59. The Morgan fingerprint density at radius 2 is 2.17 bits per heavy atom. The van der Waals surface area contributed by atoms with E-state index in [-0.39, 0.29) is 15.7 Å². The summed E-state index contributed by atoms with van der Waals surface area (Å²) in [6.45, 7) is 0. The number of anilines is 1. The zero-order valence-electron chi connectivity index (χ0n) is 8.68. The summed E-state index contributed by atoms with van der Waals surface area (Å²) in [5.74, 6) is -1.42. The molecule has 0 aliphatic carbocycles. The van der Waals surface area contributed by atoms with Gasteiger partial charge in [-0.05, 0) is 6.07 Å². The molecule has 6 nitrogen and oxygen atoms in total. The standard InChI is InChI=1S/C9H7ClFN3O3S/c10-5-1-7(8(15)2-6(5)11)14-18(16,17)9-3-12-4-13-9/h1-4,14-15H,(H,12,13). The van der Waals surface area contributed by atoms with Gasteiger partial charge in [-0.25, -0.2) is 9.37 Å². The summed E-state index contributed by atoms with van der Waals surface area (Å²) in [5.41, 5.74) is -0.226. The summed E-state index contributed by atoms with van der Waals surface area (Å²) < 4.78 is 38.6. The molecule has 0 bridgehead atoms. The Morgan fingerprint density at radius 3 is 2.78 bits per heavy atom. The molecular formula is C9H7ClFN3O3S. The fourth-order valence-corrected chi connectivity index (χ4v) is 2.34. The number of halogens is 2. The average molecular weight is 292 g/mol. The van der Waals surface area contributed by atoms with Crippen molar-refractivity contribution < 1.29 is 17.9 Å². The predicted molar refractivity (Wildman–Crippen MR) is 62.5 cm³/mol. The van der Waals surface area contributed by atoms with Crippen LogP contribution >= 0.6 is 11.6 Å². The fourth-order valence-electron chi connectivity index (χ4n) is 1.21. The Kier molecular flexibility index (Phi) is 3.14. The second-order valence-corrected chi connectivity index (χ2v) is 5.36. The number of aromatic nitrogens is 2. The maximum atomic E-state index is 13.0. The number of aromatic hydroxyl groups is 1. The molecule has 0 amide bonds. The number of phenolic OH excluding ortho intramolecular Hbond substituents is 1. The van der Waals surface area contributed by atoms with Gasteiger partial charge in [0.05, 0.1) is 23.2 Å². The number of phenols is 1. The van der Waals surface area contributed by atoms with Gasteiger partial charge in [-0.2, -0.15) is 8.42 Å². The highest BCUT2D eigenvalue weighted by Gasteiger charge is 2.18. The molecule has 9 heteroatoms. The monoisotopic (exact) mass is 291 g/mol. The number of sulfonamides is 1. The minimum Gasteiger partial charge on any atom is -0.506 e. The number of hydrogen-bond acceptors (Lipinski definition) is 4. The van der Waals surface area contributed by atoms with E-state index in [0.29, 0.717) is 6.07 Å². The topological polar surface area (TPSA) is 95.1 Å². The first-order valence-corrected chi connectivity index (χ1v) is 6.45. The summed E-state index contributed by atoms with van der Waals surface area (Å²) in [5, 5.41) is 8.92. The Morgan fingerprint density at radius 1 is 1.44 bits per heavy atom. The summed E-state index contributed by atoms with van der Waals surface area (Å²) >= 11 is 5.50. The van der Waals surface area contributed by atoms with Crippen LogP contribution in [0.2, 0.25) is 5.02 Å². The molecule has 0 spiro atoms. The van der Waals surface area contributed by atoms with E-state index in [2.05, 4.69) is 14.7 Å². The molecule has 18 heavy (non-hydrogen) atoms. The Bertz CT molecular complexity index is 673. The summed E-state index contributed by atoms with van der Waals surface area (Å²) in [4.78, 5) is 5.95. The number of nitrogens with zero attached hydrogens (tertiary/aromatic N) is 1. The van der Waals surface area contributed by atoms with Crippen molar-refractivity contribution in [2.45, 2.75) is 5.03 Å². The quantitative estimate of drug-likeness (QED) is 0.750. The molecule has 0 aliphatic heterocycles. The number of nitrogens with one attached hydrogen (secondary N) is 2. The average Bonchev–Trinajstić information content (AvgIpc) is 2.79. The number of benzene rings is 1. The van der Waals surface area contributed by atoms with Gasteiger partial charge in [-0.3, -0.25) is 4.72 Å². The van der Waals surface area contributed by atoms with Crippen molar-refractivity contribution in [1.29, 1.82) is 0 Å². The Labute approximate surface area is 106 Å². The highest BCUT2D eigenvalue weighted by molar-refractivity contribution is 7.92. The molecule has 0 unspecified atom stereocenters. The third-order valence-corrected chi connectivity index (χ3v) is 3.63. The second kappa shape index (κ2) is 4.46. The number of aromatic amines is 1. The van der Waals surface area contributed by atoms with Gasteiger partial charge in [0.15, 0.2) is 5.03 Å². The molecule has 2 aromatic rings. The molecule has 0 saturated heterocycles. The van der Waals surface area contributed by atoms with Crippen molar-refractivity contribution in [2.75, 3.05) is 4.72 Å². The minimum atomic E-state index is -3.93. The van der Waals surface area contributed by atoms with Crippen LogP contribution in [0.3, 0.4) is 0 Å². The number of H-pyrrole nitrogens is 1. The zero-order chi connectivity index (χ0) is 13.3. The summed E-state index contributed by atoms with van der Waals surface area (Å²) in [6, 6.07) is 1.69. The molecule has 0 atom stereocenters. The molecule has 2 rings (SSSR count). The molecular weight excluding hydrogens is 285 g/mol. The largest absolute Gasteiger partial charge is 0.506 e. The van der Waals surface area contributed by atoms with Crippen LogP contribution in [0.4, 0.5) is 10.1 Å². The van der Waals surface area contributed by atoms with Crippen LogP contribution in [0.1, 0.15) is 0 Å². The number of rotatable bonds is 3. The third kappa shape index (κ3) is 2.39. The number of hydrogen-bond donors (Lipinski definition) is 3. The van der Waals surface area contributed by atoms with Crippen molar-refractivity contribution in [3.05, 3.63) is 35.5 Å². The van der Waals surface area contributed by atoms with Gasteiger partial charge in [0.2, 0.25) is 0 Å². The van der Waals surface area contributed by atoms with Crippen molar-refractivity contribution in [1.82, 2.24) is 9.97 Å². The molecule has 0 saturated carbocycles. The van der Waals surface area contributed by atoms with E-state index in [1.807, 2.05) is 0 Å². The van der Waals surface area contributed by atoms with Crippen LogP contribution in [-0.4, -0.2) is 23.5 Å². The highest BCUT2D eigenvalue weighted by atomic mass is 35.5. The van der Waals surface area contributed by atoms with Crippen molar-refractivity contribution in [3.63, 3.8) is 0 Å². The van der Waals surface area contributed by atoms with E-state index in [1.54, 1.807) is 0 Å². The lowest BCUT2D eigenvalue weighted by Gasteiger charge is -2.08. The Hall–Kier alpha value is -1.80. The van der Waals surface area contributed by atoms with E-state index < -0.39 is 21.6 Å². The van der Waals surface area contributed by atoms with Crippen LogP contribution in [0, 0.1) is 5.82 Å². The lowest BCUT2D eigenvalue weighted by Crippen LogP contribution is -2.13. The van der Waals surface area contributed by atoms with Gasteiger partial charge in [0.25, 0.3) is 10.0 Å². The van der Waals surface area contributed by atoms with Gasteiger partial charge in [0.1, 0.15) is 11.6 Å². The lowest BCUT2D eigenvalue weighted by atomic mass is 10.3. The van der Waals surface area contributed by atoms with Gasteiger partial charge in [0, 0.05) is 6.07 Å². The molecule has 0 radical (unpaired) electrons. The first kappa shape index (κ1) is 12.7. The van der Waals surface area contributed by atoms with E-state index in [9.17, 15) is 17.9 Å². The van der Waals surface area contributed by atoms with Gasteiger partial charge < -0.3 is 10.1 Å². The predicted octanol–water partition coefficient (Wildman–Crippen LogP) is 1.71. The smallest absolute Gasteiger partial charge is 0.279 e. The molecule has 3 N–H and O–H groups in total. The maximum absolute atomic E-state index is 13.0. The molecule has 1 aromatic carbocycles. The normalized spacial score (nSPS) is 11.4. The van der Waals surface area contributed by atoms with Crippen LogP contribution in [0.25, 0.3) is 0 Å². The summed E-state index contributed by atoms with van der Waals surface area (Å²) in [6.07, 6.45) is 2.27. The zero-order valence-corrected chi connectivity index (χ0v) is 10.3. The highest BCUT2D eigenvalue weighted by Crippen LogP contribution is 2.30. The van der Waals surface area contributed by atoms with Crippen molar-refractivity contribution in [3.8, 4) is 5.75 Å². The van der Waals surface area contributed by atoms with Gasteiger partial charge in [-0.15, -0.1) is 0 Å². The number of imidazole rings is 1. The molecule has 0 aliphatic rings. The molecule has 1 aromatic heterocycles. The fraction of sp³-hybridized carbons (Fsp3) is 0. The van der Waals surface area contributed by atoms with E-state index in [0.717, 1.165) is 12.3 Å². The molecule has 1 heterocycles. The summed E-state index contributed by atoms with van der Waals surface area (Å²) in [7, 11) is -3.93. The molecule has 0 fully saturated rings. The Balaban J connectivity index is 2.39. The lowest BCUT2D eigenvalue weighted by molar-refractivity contribution is 0.471. The second-order valence-electron chi connectivity index (χ2n) is 3.30. The van der Waals surface area contributed by atoms with Crippen LogP contribution in [-0.2, 0) is 10.0 Å². The van der Waals surface area contributed by atoms with Crippen molar-refractivity contribution in [2.24, 2.45) is 0 Å². The van der Waals surface area contributed by atoms with Crippen LogP contribution in [0.5, 0.6) is 5.75 Å². The minimum absolute atomic E-state index is 0.192. The van der Waals surface area contributed by atoms with Gasteiger partial charge in [-0.1, -0.05) is 11.6 Å². The van der Waals surface area contributed by atoms with E-state index >= 15 is 0 Å². The maximum Gasteiger partial charge on any atom is 0.279 e. The van der Waals surface area contributed by atoms with Crippen molar-refractivity contribution >= 4 is 27.3 Å². The van der Waals surface area contributed by atoms with Gasteiger partial charge >= 0.3 is 0 Å². The van der Waals surface area contributed by atoms with Crippen LogP contribution in [0.15, 0.2) is 29.7 Å². The van der Waals surface area contributed by atoms with E-state index in [4.69, 9.17) is 11.6 Å². The first-order chi connectivity index (χ1) is 8.40. The SMILES string of the molecule is O=S(=O)(Nc1cc(Cl)c(F)cc1O)c1cnc[nH]1. The molecule has 96 valence electrons. The van der Waals surface area contributed by atoms with E-state index in [1.165, 1.54) is 6.33 Å².